The Hall–Kier alpha value is -1.62. The summed E-state index contributed by atoms with van der Waals surface area (Å²) in [6.07, 6.45) is 4.52. The van der Waals surface area contributed by atoms with Crippen LogP contribution in [0.2, 0.25) is 0 Å². The smallest absolute Gasteiger partial charge is 0.346 e. The number of aromatic nitrogens is 2. The minimum atomic E-state index is -0.836. The SMILES string of the molecule is Cc1nc2c(n1Cc1ccsc1C(=O)O)CCCC2. The number of carbonyl (C=O) groups is 1. The third kappa shape index (κ3) is 2.18. The number of hydrogen-bond donors (Lipinski definition) is 1. The van der Waals surface area contributed by atoms with Crippen LogP contribution in [0.1, 0.15) is 45.3 Å². The molecule has 4 nitrogen and oxygen atoms in total. The van der Waals surface area contributed by atoms with Gasteiger partial charge in [0.2, 0.25) is 0 Å². The molecule has 1 aliphatic carbocycles. The first-order valence-electron chi connectivity index (χ1n) is 6.51. The summed E-state index contributed by atoms with van der Waals surface area (Å²) in [4.78, 5) is 16.2. The summed E-state index contributed by atoms with van der Waals surface area (Å²) in [5.74, 6) is 0.158. The molecule has 0 saturated heterocycles. The van der Waals surface area contributed by atoms with Crippen molar-refractivity contribution in [2.45, 2.75) is 39.2 Å². The molecule has 0 aliphatic heterocycles. The molecule has 1 N–H and O–H groups in total. The van der Waals surface area contributed by atoms with Crippen LogP contribution in [0.25, 0.3) is 0 Å². The normalized spacial score (nSPS) is 14.4. The van der Waals surface area contributed by atoms with Gasteiger partial charge in [0.25, 0.3) is 0 Å². The van der Waals surface area contributed by atoms with E-state index in [1.165, 1.54) is 35.6 Å². The van der Waals surface area contributed by atoms with Gasteiger partial charge in [-0.15, -0.1) is 11.3 Å². The van der Waals surface area contributed by atoms with Gasteiger partial charge in [-0.05, 0) is 49.6 Å². The van der Waals surface area contributed by atoms with Crippen LogP contribution in [0.3, 0.4) is 0 Å². The number of carboxylic acid groups (broad SMARTS) is 1. The molecule has 0 saturated carbocycles. The molecule has 0 unspecified atom stereocenters. The highest BCUT2D eigenvalue weighted by Gasteiger charge is 2.20. The van der Waals surface area contributed by atoms with Gasteiger partial charge in [-0.25, -0.2) is 9.78 Å². The van der Waals surface area contributed by atoms with Gasteiger partial charge < -0.3 is 9.67 Å². The van der Waals surface area contributed by atoms with Crippen LogP contribution >= 0.6 is 11.3 Å². The standard InChI is InChI=1S/C14H16N2O2S/c1-9-15-11-4-2-3-5-12(11)16(9)8-10-6-7-19-13(10)14(17)18/h6-7H,2-5,8H2,1H3,(H,17,18). The van der Waals surface area contributed by atoms with Crippen molar-refractivity contribution < 1.29 is 9.90 Å². The molecule has 1 aliphatic rings. The Morgan fingerprint density at radius 1 is 1.47 bits per heavy atom. The quantitative estimate of drug-likeness (QED) is 0.937. The number of imidazole rings is 1. The monoisotopic (exact) mass is 276 g/mol. The van der Waals surface area contributed by atoms with E-state index in [4.69, 9.17) is 0 Å². The number of fused-ring (bicyclic) bond motifs is 1. The highest BCUT2D eigenvalue weighted by Crippen LogP contribution is 2.25. The van der Waals surface area contributed by atoms with Gasteiger partial charge in [-0.1, -0.05) is 0 Å². The lowest BCUT2D eigenvalue weighted by molar-refractivity contribution is 0.0701. The molecule has 2 aromatic heterocycles. The second-order valence-corrected chi connectivity index (χ2v) is 5.84. The fourth-order valence-electron chi connectivity index (χ4n) is 2.76. The van der Waals surface area contributed by atoms with Crippen LogP contribution < -0.4 is 0 Å². The minimum Gasteiger partial charge on any atom is -0.477 e. The summed E-state index contributed by atoms with van der Waals surface area (Å²) in [5, 5.41) is 11.0. The zero-order valence-electron chi connectivity index (χ0n) is 10.8. The predicted molar refractivity (Wildman–Crippen MR) is 74.0 cm³/mol. The summed E-state index contributed by atoms with van der Waals surface area (Å²) in [6.45, 7) is 2.63. The molecule has 100 valence electrons. The molecule has 5 heteroatoms. The van der Waals surface area contributed by atoms with Gasteiger partial charge in [-0.2, -0.15) is 0 Å². The van der Waals surface area contributed by atoms with E-state index in [1.807, 2.05) is 18.4 Å². The van der Waals surface area contributed by atoms with Crippen LogP contribution in [0.4, 0.5) is 0 Å². The Balaban J connectivity index is 1.97. The van der Waals surface area contributed by atoms with Gasteiger partial charge in [0, 0.05) is 5.69 Å². The highest BCUT2D eigenvalue weighted by molar-refractivity contribution is 7.12. The van der Waals surface area contributed by atoms with Gasteiger partial charge in [0.15, 0.2) is 0 Å². The van der Waals surface area contributed by atoms with Gasteiger partial charge in [-0.3, -0.25) is 0 Å². The Labute approximate surface area is 115 Å². The zero-order valence-corrected chi connectivity index (χ0v) is 11.7. The highest BCUT2D eigenvalue weighted by atomic mass is 32.1. The third-order valence-electron chi connectivity index (χ3n) is 3.69. The van der Waals surface area contributed by atoms with Crippen LogP contribution in [-0.2, 0) is 19.4 Å². The zero-order chi connectivity index (χ0) is 13.4. The van der Waals surface area contributed by atoms with Crippen molar-refractivity contribution in [3.8, 4) is 0 Å². The summed E-state index contributed by atoms with van der Waals surface area (Å²) in [6, 6.07) is 1.91. The topological polar surface area (TPSA) is 55.1 Å². The number of hydrogen-bond acceptors (Lipinski definition) is 3. The second kappa shape index (κ2) is 4.81. The number of aryl methyl sites for hydroxylation is 2. The number of rotatable bonds is 3. The Kier molecular flexibility index (Phi) is 3.14. The van der Waals surface area contributed by atoms with Crippen molar-refractivity contribution in [1.82, 2.24) is 9.55 Å². The van der Waals surface area contributed by atoms with Gasteiger partial charge in [0.05, 0.1) is 12.2 Å². The van der Waals surface area contributed by atoms with Crippen molar-refractivity contribution in [3.05, 3.63) is 39.1 Å². The van der Waals surface area contributed by atoms with E-state index in [0.29, 0.717) is 11.4 Å². The first-order chi connectivity index (χ1) is 9.16. The molecule has 0 aromatic carbocycles. The maximum atomic E-state index is 11.2. The van der Waals surface area contributed by atoms with Crippen molar-refractivity contribution in [1.29, 1.82) is 0 Å². The van der Waals surface area contributed by atoms with Crippen molar-refractivity contribution in [2.24, 2.45) is 0 Å². The first-order valence-corrected chi connectivity index (χ1v) is 7.39. The lowest BCUT2D eigenvalue weighted by Crippen LogP contribution is -2.11. The van der Waals surface area contributed by atoms with E-state index in [9.17, 15) is 9.90 Å². The molecule has 2 aromatic rings. The number of carboxylic acids is 1. The number of nitrogens with zero attached hydrogens (tertiary/aromatic N) is 2. The fraction of sp³-hybridized carbons (Fsp3) is 0.429. The molecule has 0 radical (unpaired) electrons. The third-order valence-corrected chi connectivity index (χ3v) is 4.64. The van der Waals surface area contributed by atoms with Crippen LogP contribution in [-0.4, -0.2) is 20.6 Å². The summed E-state index contributed by atoms with van der Waals surface area (Å²) in [5.41, 5.74) is 3.38. The van der Waals surface area contributed by atoms with E-state index >= 15 is 0 Å². The van der Waals surface area contributed by atoms with Crippen LogP contribution in [0, 0.1) is 6.92 Å². The lowest BCUT2D eigenvalue weighted by atomic mass is 10.0. The molecule has 0 atom stereocenters. The van der Waals surface area contributed by atoms with Gasteiger partial charge >= 0.3 is 5.97 Å². The average molecular weight is 276 g/mol. The summed E-state index contributed by atoms with van der Waals surface area (Å²) < 4.78 is 2.18. The van der Waals surface area contributed by atoms with Crippen LogP contribution in [0.15, 0.2) is 11.4 Å². The van der Waals surface area contributed by atoms with Crippen molar-refractivity contribution in [3.63, 3.8) is 0 Å². The van der Waals surface area contributed by atoms with Crippen molar-refractivity contribution >= 4 is 17.3 Å². The average Bonchev–Trinajstić information content (AvgIpc) is 2.96. The van der Waals surface area contributed by atoms with Crippen molar-refractivity contribution in [2.75, 3.05) is 0 Å². The fourth-order valence-corrected chi connectivity index (χ4v) is 3.52. The maximum absolute atomic E-state index is 11.2. The second-order valence-electron chi connectivity index (χ2n) is 4.93. The molecule has 0 bridgehead atoms. The minimum absolute atomic E-state index is 0.442. The lowest BCUT2D eigenvalue weighted by Gasteiger charge is -2.14. The molecular formula is C14H16N2O2S. The first kappa shape index (κ1) is 12.4. The van der Waals surface area contributed by atoms with E-state index in [-0.39, 0.29) is 0 Å². The molecular weight excluding hydrogens is 260 g/mol. The Morgan fingerprint density at radius 3 is 3.05 bits per heavy atom. The Bertz CT molecular complexity index is 627. The van der Waals surface area contributed by atoms with E-state index in [0.717, 1.165) is 24.2 Å². The molecule has 0 spiro atoms. The maximum Gasteiger partial charge on any atom is 0.346 e. The van der Waals surface area contributed by atoms with E-state index < -0.39 is 5.97 Å². The largest absolute Gasteiger partial charge is 0.477 e. The van der Waals surface area contributed by atoms with E-state index in [2.05, 4.69) is 9.55 Å². The number of aromatic carboxylic acids is 1. The van der Waals surface area contributed by atoms with Gasteiger partial charge in [0.1, 0.15) is 10.7 Å². The Morgan fingerprint density at radius 2 is 2.26 bits per heavy atom. The molecule has 3 rings (SSSR count). The predicted octanol–water partition coefficient (Wildman–Crippen LogP) is 2.88. The molecule has 19 heavy (non-hydrogen) atoms. The van der Waals surface area contributed by atoms with Crippen LogP contribution in [0.5, 0.6) is 0 Å². The van der Waals surface area contributed by atoms with E-state index in [1.54, 1.807) is 0 Å². The molecule has 0 fully saturated rings. The molecule has 0 amide bonds. The molecule has 2 heterocycles. The number of thiophene rings is 1. The summed E-state index contributed by atoms with van der Waals surface area (Å²) >= 11 is 1.29. The summed E-state index contributed by atoms with van der Waals surface area (Å²) in [7, 11) is 0.